The van der Waals surface area contributed by atoms with Crippen LogP contribution in [0.3, 0.4) is 0 Å². The minimum atomic E-state index is -4.69. The van der Waals surface area contributed by atoms with Crippen molar-refractivity contribution < 1.29 is 22.7 Å². The number of hydrogen-bond donors (Lipinski definition) is 1. The Morgan fingerprint density at radius 1 is 1.39 bits per heavy atom. The Bertz CT molecular complexity index is 576. The zero-order valence-electron chi connectivity index (χ0n) is 9.37. The Morgan fingerprint density at radius 2 is 2.06 bits per heavy atom. The zero-order chi connectivity index (χ0) is 13.5. The molecule has 98 valence electrons. The SMILES string of the molecule is Cn1c(CC(O)C(F)(F)F)nc2ccc(F)cc21. The van der Waals surface area contributed by atoms with Gasteiger partial charge < -0.3 is 9.67 Å². The van der Waals surface area contributed by atoms with Gasteiger partial charge in [-0.2, -0.15) is 13.2 Å². The maximum atomic E-state index is 13.0. The standard InChI is InChI=1S/C11H10F4N2O/c1-17-8-4-6(12)2-3-7(8)16-10(17)5-9(18)11(13,14)15/h2-4,9,18H,5H2,1H3. The third-order valence-corrected chi connectivity index (χ3v) is 2.69. The molecule has 0 spiro atoms. The van der Waals surface area contributed by atoms with Crippen molar-refractivity contribution >= 4 is 11.0 Å². The van der Waals surface area contributed by atoms with Gasteiger partial charge >= 0.3 is 6.18 Å². The smallest absolute Gasteiger partial charge is 0.383 e. The predicted octanol–water partition coefficient (Wildman–Crippen LogP) is 2.18. The van der Waals surface area contributed by atoms with Crippen molar-refractivity contribution in [2.24, 2.45) is 7.05 Å². The average Bonchev–Trinajstić information content (AvgIpc) is 2.55. The molecular weight excluding hydrogens is 252 g/mol. The molecule has 1 N–H and O–H groups in total. The summed E-state index contributed by atoms with van der Waals surface area (Å²) in [6, 6.07) is 3.75. The first kappa shape index (κ1) is 12.8. The lowest BCUT2D eigenvalue weighted by atomic mass is 10.2. The van der Waals surface area contributed by atoms with E-state index in [0.29, 0.717) is 11.0 Å². The summed E-state index contributed by atoms with van der Waals surface area (Å²) in [6.45, 7) is 0. The lowest BCUT2D eigenvalue weighted by molar-refractivity contribution is -0.203. The molecular formula is C11H10F4N2O. The normalized spacial score (nSPS) is 14.1. The molecule has 0 amide bonds. The summed E-state index contributed by atoms with van der Waals surface area (Å²) >= 11 is 0. The van der Waals surface area contributed by atoms with Gasteiger partial charge in [0.05, 0.1) is 11.0 Å². The average molecular weight is 262 g/mol. The molecule has 1 heterocycles. The maximum Gasteiger partial charge on any atom is 0.414 e. The van der Waals surface area contributed by atoms with Crippen LogP contribution in [0.4, 0.5) is 17.6 Å². The van der Waals surface area contributed by atoms with E-state index in [1.165, 1.54) is 29.8 Å². The maximum absolute atomic E-state index is 13.0. The molecule has 0 radical (unpaired) electrons. The highest BCUT2D eigenvalue weighted by Gasteiger charge is 2.38. The van der Waals surface area contributed by atoms with Gasteiger partial charge in [-0.3, -0.25) is 0 Å². The molecule has 0 saturated heterocycles. The summed E-state index contributed by atoms with van der Waals surface area (Å²) in [5.74, 6) is -0.436. The first-order valence-corrected chi connectivity index (χ1v) is 5.14. The topological polar surface area (TPSA) is 38.0 Å². The van der Waals surface area contributed by atoms with Crippen LogP contribution in [0.25, 0.3) is 11.0 Å². The van der Waals surface area contributed by atoms with Crippen molar-refractivity contribution in [1.29, 1.82) is 0 Å². The van der Waals surface area contributed by atoms with Crippen LogP contribution in [0.2, 0.25) is 0 Å². The lowest BCUT2D eigenvalue weighted by Crippen LogP contribution is -2.31. The summed E-state index contributed by atoms with van der Waals surface area (Å²) in [6.07, 6.45) is -7.82. The number of hydrogen-bond acceptors (Lipinski definition) is 2. The van der Waals surface area contributed by atoms with E-state index in [2.05, 4.69) is 4.98 Å². The molecule has 18 heavy (non-hydrogen) atoms. The van der Waals surface area contributed by atoms with Crippen LogP contribution >= 0.6 is 0 Å². The number of nitrogens with zero attached hydrogens (tertiary/aromatic N) is 2. The van der Waals surface area contributed by atoms with E-state index in [1.54, 1.807) is 0 Å². The van der Waals surface area contributed by atoms with Gasteiger partial charge in [-0.25, -0.2) is 9.37 Å². The fourth-order valence-electron chi connectivity index (χ4n) is 1.68. The van der Waals surface area contributed by atoms with E-state index in [-0.39, 0.29) is 5.82 Å². The number of aliphatic hydroxyl groups is 1. The van der Waals surface area contributed by atoms with Crippen molar-refractivity contribution in [3.63, 3.8) is 0 Å². The van der Waals surface area contributed by atoms with E-state index in [4.69, 9.17) is 5.11 Å². The number of imidazole rings is 1. The Kier molecular flexibility index (Phi) is 3.02. The first-order chi connectivity index (χ1) is 8.29. The van der Waals surface area contributed by atoms with Crippen molar-refractivity contribution in [3.05, 3.63) is 29.8 Å². The minimum Gasteiger partial charge on any atom is -0.383 e. The van der Waals surface area contributed by atoms with Gasteiger partial charge in [0.15, 0.2) is 6.10 Å². The summed E-state index contributed by atoms with van der Waals surface area (Å²) in [5, 5.41) is 8.99. The van der Waals surface area contributed by atoms with Gasteiger partial charge in [0, 0.05) is 13.5 Å². The van der Waals surface area contributed by atoms with Crippen molar-refractivity contribution in [2.45, 2.75) is 18.7 Å². The van der Waals surface area contributed by atoms with Crippen molar-refractivity contribution in [2.75, 3.05) is 0 Å². The van der Waals surface area contributed by atoms with Crippen LogP contribution in [0.15, 0.2) is 18.2 Å². The van der Waals surface area contributed by atoms with Crippen LogP contribution in [0, 0.1) is 5.82 Å². The van der Waals surface area contributed by atoms with Crippen molar-refractivity contribution in [1.82, 2.24) is 9.55 Å². The molecule has 0 fully saturated rings. The van der Waals surface area contributed by atoms with Crippen LogP contribution in [-0.4, -0.2) is 26.9 Å². The van der Waals surface area contributed by atoms with Gasteiger partial charge in [0.25, 0.3) is 0 Å². The Labute approximate surface area is 99.7 Å². The largest absolute Gasteiger partial charge is 0.414 e. The lowest BCUT2D eigenvalue weighted by Gasteiger charge is -2.13. The third kappa shape index (κ3) is 2.31. The van der Waals surface area contributed by atoms with E-state index in [1.807, 2.05) is 0 Å². The molecule has 0 saturated carbocycles. The highest BCUT2D eigenvalue weighted by molar-refractivity contribution is 5.75. The highest BCUT2D eigenvalue weighted by atomic mass is 19.4. The summed E-state index contributed by atoms with van der Waals surface area (Å²) in [4.78, 5) is 3.94. The molecule has 1 unspecified atom stereocenters. The van der Waals surface area contributed by atoms with Gasteiger partial charge in [-0.05, 0) is 18.2 Å². The fourth-order valence-corrected chi connectivity index (χ4v) is 1.68. The molecule has 2 rings (SSSR count). The highest BCUT2D eigenvalue weighted by Crippen LogP contribution is 2.24. The second kappa shape index (κ2) is 4.24. The van der Waals surface area contributed by atoms with E-state index >= 15 is 0 Å². The molecule has 0 bridgehead atoms. The Hall–Kier alpha value is -1.63. The van der Waals surface area contributed by atoms with Crippen LogP contribution in [-0.2, 0) is 13.5 Å². The molecule has 0 aliphatic rings. The van der Waals surface area contributed by atoms with Crippen LogP contribution in [0.5, 0.6) is 0 Å². The van der Waals surface area contributed by atoms with Gasteiger partial charge in [-0.15, -0.1) is 0 Å². The molecule has 0 aliphatic carbocycles. The monoisotopic (exact) mass is 262 g/mol. The molecule has 2 aromatic rings. The van der Waals surface area contributed by atoms with Gasteiger partial charge in [0.1, 0.15) is 11.6 Å². The minimum absolute atomic E-state index is 0.0559. The summed E-state index contributed by atoms with van der Waals surface area (Å²) in [7, 11) is 1.48. The zero-order valence-corrected chi connectivity index (χ0v) is 9.37. The van der Waals surface area contributed by atoms with Gasteiger partial charge in [0.2, 0.25) is 0 Å². The Balaban J connectivity index is 2.38. The number of aryl methyl sites for hydroxylation is 1. The second-order valence-electron chi connectivity index (χ2n) is 3.98. The summed E-state index contributed by atoms with van der Waals surface area (Å²) < 4.78 is 51.1. The van der Waals surface area contributed by atoms with E-state index < -0.39 is 24.5 Å². The molecule has 0 aliphatic heterocycles. The first-order valence-electron chi connectivity index (χ1n) is 5.14. The quantitative estimate of drug-likeness (QED) is 0.842. The van der Waals surface area contributed by atoms with Gasteiger partial charge in [-0.1, -0.05) is 0 Å². The fraction of sp³-hybridized carbons (Fsp3) is 0.364. The number of halogens is 4. The van der Waals surface area contributed by atoms with Crippen LogP contribution in [0.1, 0.15) is 5.82 Å². The second-order valence-corrected chi connectivity index (χ2v) is 3.98. The van der Waals surface area contributed by atoms with Crippen molar-refractivity contribution in [3.8, 4) is 0 Å². The number of aromatic nitrogens is 2. The Morgan fingerprint density at radius 3 is 2.67 bits per heavy atom. The third-order valence-electron chi connectivity index (χ3n) is 2.69. The van der Waals surface area contributed by atoms with Crippen LogP contribution < -0.4 is 0 Å². The van der Waals surface area contributed by atoms with E-state index in [0.717, 1.165) is 0 Å². The molecule has 1 aromatic heterocycles. The number of aliphatic hydroxyl groups excluding tert-OH is 1. The number of fused-ring (bicyclic) bond motifs is 1. The molecule has 1 aromatic carbocycles. The molecule has 7 heteroatoms. The summed E-state index contributed by atoms with van der Waals surface area (Å²) in [5.41, 5.74) is 0.780. The predicted molar refractivity (Wildman–Crippen MR) is 56.4 cm³/mol. The number of alkyl halides is 3. The molecule has 3 nitrogen and oxygen atoms in total. The van der Waals surface area contributed by atoms with E-state index in [9.17, 15) is 17.6 Å². The molecule has 1 atom stereocenters. The number of benzene rings is 1. The number of rotatable bonds is 2.